The number of likely N-dealkylation sites (N-methyl/N-ethyl adjacent to an activating group) is 1. The zero-order valence-electron chi connectivity index (χ0n) is 14.2. The summed E-state index contributed by atoms with van der Waals surface area (Å²) in [5.41, 5.74) is 0.978. The van der Waals surface area contributed by atoms with Crippen molar-refractivity contribution in [3.8, 4) is 0 Å². The van der Waals surface area contributed by atoms with E-state index in [2.05, 4.69) is 27.1 Å². The molecule has 0 amide bonds. The smallest absolute Gasteiger partial charge is 0.109 e. The van der Waals surface area contributed by atoms with Crippen LogP contribution in [0.5, 0.6) is 0 Å². The number of nitrogens with zero attached hydrogens (tertiary/aromatic N) is 3. The van der Waals surface area contributed by atoms with Gasteiger partial charge < -0.3 is 25.2 Å². The fourth-order valence-electron chi connectivity index (χ4n) is 3.56. The molecule has 4 atom stereocenters. The van der Waals surface area contributed by atoms with E-state index >= 15 is 0 Å². The van der Waals surface area contributed by atoms with E-state index in [0.717, 1.165) is 31.9 Å². The monoisotopic (exact) mass is 336 g/mol. The lowest BCUT2D eigenvalue weighted by atomic mass is 10.0. The van der Waals surface area contributed by atoms with E-state index in [1.807, 2.05) is 18.2 Å². The quantitative estimate of drug-likeness (QED) is 0.609. The minimum Gasteiger partial charge on any atom is -0.394 e. The van der Waals surface area contributed by atoms with Gasteiger partial charge in [0.25, 0.3) is 0 Å². The first kappa shape index (κ1) is 17.7. The number of piperazine rings is 1. The van der Waals surface area contributed by atoms with Gasteiger partial charge in [-0.2, -0.15) is 0 Å². The number of aliphatic hydroxyl groups excluding tert-OH is 2. The van der Waals surface area contributed by atoms with Crippen molar-refractivity contribution >= 4 is 0 Å². The average Bonchev–Trinajstić information content (AvgIpc) is 2.92. The van der Waals surface area contributed by atoms with Gasteiger partial charge in [0.05, 0.1) is 24.4 Å². The van der Waals surface area contributed by atoms with Crippen molar-refractivity contribution in [3.05, 3.63) is 30.1 Å². The molecule has 0 saturated carbocycles. The van der Waals surface area contributed by atoms with Gasteiger partial charge in [-0.1, -0.05) is 6.07 Å². The van der Waals surface area contributed by atoms with E-state index in [4.69, 9.17) is 4.74 Å². The lowest BCUT2D eigenvalue weighted by Crippen LogP contribution is -2.56. The fraction of sp³-hybridized carbons (Fsp3) is 0.706. The summed E-state index contributed by atoms with van der Waals surface area (Å²) in [6, 6.07) is 5.77. The minimum absolute atomic E-state index is 0.0768. The molecule has 3 N–H and O–H groups in total. The van der Waals surface area contributed by atoms with Crippen LogP contribution in [0.4, 0.5) is 0 Å². The lowest BCUT2D eigenvalue weighted by molar-refractivity contribution is -0.0213. The van der Waals surface area contributed by atoms with Gasteiger partial charge >= 0.3 is 0 Å². The maximum absolute atomic E-state index is 10.6. The number of rotatable bonds is 6. The van der Waals surface area contributed by atoms with Crippen LogP contribution in [0.25, 0.3) is 0 Å². The average molecular weight is 336 g/mol. The van der Waals surface area contributed by atoms with Gasteiger partial charge in [-0.25, -0.2) is 0 Å². The van der Waals surface area contributed by atoms with Crippen LogP contribution in [0.3, 0.4) is 0 Å². The molecule has 3 rings (SSSR count). The second-order valence-electron chi connectivity index (χ2n) is 6.67. The molecule has 2 aliphatic heterocycles. The van der Waals surface area contributed by atoms with Gasteiger partial charge in [0, 0.05) is 45.5 Å². The number of pyridine rings is 1. The largest absolute Gasteiger partial charge is 0.394 e. The second-order valence-corrected chi connectivity index (χ2v) is 6.67. The Kier molecular flexibility index (Phi) is 6.15. The molecule has 1 aromatic rings. The minimum atomic E-state index is -0.653. The molecule has 134 valence electrons. The molecule has 24 heavy (non-hydrogen) atoms. The van der Waals surface area contributed by atoms with Crippen LogP contribution in [0.1, 0.15) is 5.69 Å². The zero-order valence-corrected chi connectivity index (χ0v) is 14.2. The zero-order chi connectivity index (χ0) is 16.9. The van der Waals surface area contributed by atoms with E-state index in [1.54, 1.807) is 6.20 Å². The van der Waals surface area contributed by atoms with Gasteiger partial charge in [-0.3, -0.25) is 9.88 Å². The van der Waals surface area contributed by atoms with E-state index in [1.165, 1.54) is 0 Å². The Labute approximate surface area is 143 Å². The highest BCUT2D eigenvalue weighted by Gasteiger charge is 2.46. The lowest BCUT2D eigenvalue weighted by Gasteiger charge is -2.39. The number of hydrogen-bond donors (Lipinski definition) is 3. The van der Waals surface area contributed by atoms with Crippen molar-refractivity contribution in [3.63, 3.8) is 0 Å². The van der Waals surface area contributed by atoms with Crippen molar-refractivity contribution in [1.82, 2.24) is 20.1 Å². The number of hydrogen-bond acceptors (Lipinski definition) is 7. The Bertz CT molecular complexity index is 496. The van der Waals surface area contributed by atoms with Gasteiger partial charge in [-0.05, 0) is 19.2 Å². The molecule has 0 spiro atoms. The maximum atomic E-state index is 10.6. The molecule has 0 radical (unpaired) electrons. The third-order valence-electron chi connectivity index (χ3n) is 4.98. The van der Waals surface area contributed by atoms with Gasteiger partial charge in [-0.15, -0.1) is 0 Å². The summed E-state index contributed by atoms with van der Waals surface area (Å²) in [6.45, 7) is 4.94. The topological polar surface area (TPSA) is 81.1 Å². The molecule has 0 aromatic carbocycles. The first-order valence-corrected chi connectivity index (χ1v) is 8.66. The van der Waals surface area contributed by atoms with E-state index < -0.39 is 12.2 Å². The van der Waals surface area contributed by atoms with Crippen LogP contribution >= 0.6 is 0 Å². The SMILES string of the molecule is CN1CCN(C2C(CNCc3ccccn3)OC(CO)C2O)CC1. The fourth-order valence-corrected chi connectivity index (χ4v) is 3.56. The van der Waals surface area contributed by atoms with Crippen LogP contribution in [0.2, 0.25) is 0 Å². The van der Waals surface area contributed by atoms with Crippen molar-refractivity contribution in [2.45, 2.75) is 30.9 Å². The second kappa shape index (κ2) is 8.33. The van der Waals surface area contributed by atoms with Crippen molar-refractivity contribution in [1.29, 1.82) is 0 Å². The predicted octanol–water partition coefficient (Wildman–Crippen LogP) is -1.09. The Morgan fingerprint density at radius 1 is 1.25 bits per heavy atom. The summed E-state index contributed by atoms with van der Waals surface area (Å²) >= 11 is 0. The molecule has 2 fully saturated rings. The Balaban J connectivity index is 1.58. The Morgan fingerprint density at radius 2 is 2.04 bits per heavy atom. The van der Waals surface area contributed by atoms with Crippen LogP contribution < -0.4 is 5.32 Å². The van der Waals surface area contributed by atoms with Crippen LogP contribution in [0, 0.1) is 0 Å². The van der Waals surface area contributed by atoms with Crippen LogP contribution in [-0.2, 0) is 11.3 Å². The van der Waals surface area contributed by atoms with Crippen molar-refractivity contribution in [2.24, 2.45) is 0 Å². The molecule has 2 saturated heterocycles. The number of aromatic nitrogens is 1. The highest BCUT2D eigenvalue weighted by Crippen LogP contribution is 2.26. The van der Waals surface area contributed by atoms with Gasteiger partial charge in [0.2, 0.25) is 0 Å². The van der Waals surface area contributed by atoms with Gasteiger partial charge in [0.15, 0.2) is 0 Å². The Hall–Kier alpha value is -1.09. The van der Waals surface area contributed by atoms with Crippen molar-refractivity contribution in [2.75, 3.05) is 46.4 Å². The predicted molar refractivity (Wildman–Crippen MR) is 90.6 cm³/mol. The molecule has 3 heterocycles. The van der Waals surface area contributed by atoms with Crippen LogP contribution in [0.15, 0.2) is 24.4 Å². The highest BCUT2D eigenvalue weighted by atomic mass is 16.5. The summed E-state index contributed by atoms with van der Waals surface area (Å²) in [5.74, 6) is 0. The third-order valence-corrected chi connectivity index (χ3v) is 4.98. The normalized spacial score (nSPS) is 32.3. The van der Waals surface area contributed by atoms with Gasteiger partial charge in [0.1, 0.15) is 12.2 Å². The van der Waals surface area contributed by atoms with Crippen LogP contribution in [-0.4, -0.2) is 95.7 Å². The Morgan fingerprint density at radius 3 is 2.71 bits per heavy atom. The number of nitrogens with one attached hydrogen (secondary N) is 1. The van der Waals surface area contributed by atoms with Crippen molar-refractivity contribution < 1.29 is 14.9 Å². The summed E-state index contributed by atoms with van der Waals surface area (Å²) in [6.07, 6.45) is 0.488. The van der Waals surface area contributed by atoms with E-state index in [0.29, 0.717) is 13.1 Å². The molecule has 0 bridgehead atoms. The summed E-state index contributed by atoms with van der Waals surface area (Å²) in [5, 5.41) is 23.4. The summed E-state index contributed by atoms with van der Waals surface area (Å²) in [4.78, 5) is 8.88. The molecular formula is C17H28N4O3. The third kappa shape index (κ3) is 4.11. The van der Waals surface area contributed by atoms with E-state index in [-0.39, 0.29) is 18.8 Å². The summed E-state index contributed by atoms with van der Waals surface area (Å²) < 4.78 is 5.92. The molecule has 1 aromatic heterocycles. The molecule has 4 unspecified atom stereocenters. The first-order chi connectivity index (χ1) is 11.7. The molecule has 7 heteroatoms. The molecule has 0 aliphatic carbocycles. The standard InChI is InChI=1S/C17H28N4O3/c1-20-6-8-21(9-7-20)16-14(24-15(12-22)17(16)23)11-18-10-13-4-2-3-5-19-13/h2-5,14-18,22-23H,6-12H2,1H3. The first-order valence-electron chi connectivity index (χ1n) is 8.66. The molecule has 2 aliphatic rings. The highest BCUT2D eigenvalue weighted by molar-refractivity contribution is 5.04. The number of aliphatic hydroxyl groups is 2. The molecular weight excluding hydrogens is 308 g/mol. The summed E-state index contributed by atoms with van der Waals surface area (Å²) in [7, 11) is 2.11. The van der Waals surface area contributed by atoms with E-state index in [9.17, 15) is 10.2 Å². The number of ether oxygens (including phenoxy) is 1. The maximum Gasteiger partial charge on any atom is 0.109 e. The molecule has 7 nitrogen and oxygen atoms in total.